The van der Waals surface area contributed by atoms with Gasteiger partial charge in [0.2, 0.25) is 0 Å². The highest BCUT2D eigenvalue weighted by Crippen LogP contribution is 2.01. The molecule has 0 unspecified atom stereocenters. The summed E-state index contributed by atoms with van der Waals surface area (Å²) in [7, 11) is 4.10. The SMILES string of the molecule is CCN=C=NC(=O)CCCCCN(C)C. The normalized spacial score (nSPS) is 9.87. The van der Waals surface area contributed by atoms with Gasteiger partial charge in [-0.25, -0.2) is 4.99 Å². The Morgan fingerprint density at radius 1 is 1.27 bits per heavy atom. The Kier molecular flexibility index (Phi) is 8.93. The Bertz CT molecular complexity index is 230. The van der Waals surface area contributed by atoms with E-state index in [2.05, 4.69) is 35.0 Å². The van der Waals surface area contributed by atoms with Gasteiger partial charge in [0.25, 0.3) is 5.91 Å². The van der Waals surface area contributed by atoms with E-state index in [9.17, 15) is 4.79 Å². The van der Waals surface area contributed by atoms with Gasteiger partial charge >= 0.3 is 0 Å². The molecule has 0 saturated heterocycles. The van der Waals surface area contributed by atoms with Crippen LogP contribution in [0.5, 0.6) is 0 Å². The van der Waals surface area contributed by atoms with Crippen molar-refractivity contribution in [2.24, 2.45) is 9.98 Å². The summed E-state index contributed by atoms with van der Waals surface area (Å²) in [6.07, 6.45) is 3.63. The fourth-order valence-electron chi connectivity index (χ4n) is 1.10. The maximum Gasteiger partial charge on any atom is 0.255 e. The van der Waals surface area contributed by atoms with Gasteiger partial charge in [0, 0.05) is 13.0 Å². The van der Waals surface area contributed by atoms with Crippen LogP contribution in [0.1, 0.15) is 32.6 Å². The fourth-order valence-corrected chi connectivity index (χ4v) is 1.10. The molecule has 0 aliphatic carbocycles. The third kappa shape index (κ3) is 10.9. The summed E-state index contributed by atoms with van der Waals surface area (Å²) in [5.41, 5.74) is 0. The molecule has 0 aromatic heterocycles. The molecule has 0 spiro atoms. The van der Waals surface area contributed by atoms with Gasteiger partial charge in [-0.15, -0.1) is 4.99 Å². The van der Waals surface area contributed by atoms with Crippen LogP contribution in [0.4, 0.5) is 0 Å². The van der Waals surface area contributed by atoms with E-state index in [1.807, 2.05) is 6.92 Å². The third-order valence-electron chi connectivity index (χ3n) is 1.90. The van der Waals surface area contributed by atoms with Crippen LogP contribution >= 0.6 is 0 Å². The summed E-state index contributed by atoms with van der Waals surface area (Å²) in [5, 5.41) is 0. The van der Waals surface area contributed by atoms with Crippen molar-refractivity contribution in [2.45, 2.75) is 32.6 Å². The predicted molar refractivity (Wildman–Crippen MR) is 62.4 cm³/mol. The molecule has 0 aliphatic heterocycles. The molecule has 4 nitrogen and oxygen atoms in total. The summed E-state index contributed by atoms with van der Waals surface area (Å²) in [6, 6.07) is 2.39. The van der Waals surface area contributed by atoms with Gasteiger partial charge in [0.05, 0.1) is 6.01 Å². The second-order valence-electron chi connectivity index (χ2n) is 3.69. The first-order valence-corrected chi connectivity index (χ1v) is 5.46. The molecule has 0 bridgehead atoms. The van der Waals surface area contributed by atoms with Crippen LogP contribution in [0.25, 0.3) is 0 Å². The zero-order chi connectivity index (χ0) is 11.5. The molecular formula is C11H21N3O. The number of unbranched alkanes of at least 4 members (excludes halogenated alkanes) is 2. The molecule has 86 valence electrons. The van der Waals surface area contributed by atoms with Gasteiger partial charge in [0.15, 0.2) is 0 Å². The maximum absolute atomic E-state index is 11.1. The Morgan fingerprint density at radius 2 is 2.00 bits per heavy atom. The first-order chi connectivity index (χ1) is 7.16. The highest BCUT2D eigenvalue weighted by molar-refractivity contribution is 5.82. The molecular weight excluding hydrogens is 190 g/mol. The van der Waals surface area contributed by atoms with E-state index in [1.54, 1.807) is 0 Å². The number of rotatable bonds is 7. The lowest BCUT2D eigenvalue weighted by Crippen LogP contribution is -2.12. The van der Waals surface area contributed by atoms with E-state index < -0.39 is 0 Å². The monoisotopic (exact) mass is 211 g/mol. The van der Waals surface area contributed by atoms with Gasteiger partial charge in [0.1, 0.15) is 0 Å². The number of hydrogen-bond donors (Lipinski definition) is 0. The number of carbonyl (C=O) groups excluding carboxylic acids is 1. The van der Waals surface area contributed by atoms with Crippen molar-refractivity contribution < 1.29 is 4.79 Å². The molecule has 1 amide bonds. The van der Waals surface area contributed by atoms with Crippen molar-refractivity contribution in [1.29, 1.82) is 0 Å². The van der Waals surface area contributed by atoms with Crippen molar-refractivity contribution in [1.82, 2.24) is 4.90 Å². The quantitative estimate of drug-likeness (QED) is 0.476. The van der Waals surface area contributed by atoms with Crippen LogP contribution in [0.15, 0.2) is 9.98 Å². The van der Waals surface area contributed by atoms with Crippen LogP contribution < -0.4 is 0 Å². The molecule has 0 radical (unpaired) electrons. The summed E-state index contributed by atoms with van der Waals surface area (Å²) in [4.78, 5) is 20.6. The fraction of sp³-hybridized carbons (Fsp3) is 0.818. The van der Waals surface area contributed by atoms with Crippen molar-refractivity contribution in [3.05, 3.63) is 0 Å². The number of aliphatic imine (C=N–C) groups is 2. The van der Waals surface area contributed by atoms with Crippen molar-refractivity contribution in [3.8, 4) is 0 Å². The smallest absolute Gasteiger partial charge is 0.255 e. The van der Waals surface area contributed by atoms with Gasteiger partial charge in [-0.2, -0.15) is 0 Å². The highest BCUT2D eigenvalue weighted by Gasteiger charge is 1.98. The van der Waals surface area contributed by atoms with Gasteiger partial charge in [-0.05, 0) is 40.4 Å². The lowest BCUT2D eigenvalue weighted by atomic mass is 10.2. The molecule has 0 aromatic carbocycles. The minimum Gasteiger partial charge on any atom is -0.309 e. The van der Waals surface area contributed by atoms with E-state index in [0.29, 0.717) is 13.0 Å². The van der Waals surface area contributed by atoms with Crippen LogP contribution in [-0.2, 0) is 4.79 Å². The number of amides is 1. The summed E-state index contributed by atoms with van der Waals surface area (Å²) in [6.45, 7) is 3.59. The van der Waals surface area contributed by atoms with Crippen molar-refractivity contribution in [3.63, 3.8) is 0 Å². The Balaban J connectivity index is 3.43. The largest absolute Gasteiger partial charge is 0.309 e. The Hall–Kier alpha value is -0.990. The van der Waals surface area contributed by atoms with Crippen molar-refractivity contribution >= 4 is 11.9 Å². The van der Waals surface area contributed by atoms with E-state index >= 15 is 0 Å². The molecule has 0 fully saturated rings. The first-order valence-electron chi connectivity index (χ1n) is 5.46. The zero-order valence-corrected chi connectivity index (χ0v) is 9.99. The molecule has 4 heteroatoms. The molecule has 0 heterocycles. The van der Waals surface area contributed by atoms with E-state index in [4.69, 9.17) is 0 Å². The molecule has 0 N–H and O–H groups in total. The Morgan fingerprint density at radius 3 is 2.60 bits per heavy atom. The number of carbonyl (C=O) groups is 1. The second kappa shape index (κ2) is 9.56. The van der Waals surface area contributed by atoms with Crippen molar-refractivity contribution in [2.75, 3.05) is 27.2 Å². The molecule has 0 aromatic rings. The number of hydrogen-bond acceptors (Lipinski definition) is 3. The standard InChI is InChI=1S/C11H21N3O/c1-4-12-10-13-11(15)8-6-5-7-9-14(2)3/h4-9H2,1-3H3. The summed E-state index contributed by atoms with van der Waals surface area (Å²) < 4.78 is 0. The van der Waals surface area contributed by atoms with Crippen LogP contribution in [0.3, 0.4) is 0 Å². The first kappa shape index (κ1) is 14.0. The lowest BCUT2D eigenvalue weighted by molar-refractivity contribution is -0.117. The van der Waals surface area contributed by atoms with E-state index in [1.165, 1.54) is 0 Å². The highest BCUT2D eigenvalue weighted by atomic mass is 16.1. The van der Waals surface area contributed by atoms with Crippen LogP contribution in [0, 0.1) is 0 Å². The van der Waals surface area contributed by atoms with Gasteiger partial charge in [-0.1, -0.05) is 6.42 Å². The Labute approximate surface area is 92.1 Å². The molecule has 0 aliphatic rings. The molecule has 15 heavy (non-hydrogen) atoms. The van der Waals surface area contributed by atoms with E-state index in [-0.39, 0.29) is 5.91 Å². The average molecular weight is 211 g/mol. The van der Waals surface area contributed by atoms with Gasteiger partial charge in [-0.3, -0.25) is 4.79 Å². The second-order valence-corrected chi connectivity index (χ2v) is 3.69. The molecule has 0 rings (SSSR count). The predicted octanol–water partition coefficient (Wildman–Crippen LogP) is 1.83. The van der Waals surface area contributed by atoms with E-state index in [0.717, 1.165) is 25.8 Å². The topological polar surface area (TPSA) is 45.0 Å². The van der Waals surface area contributed by atoms with Gasteiger partial charge < -0.3 is 4.90 Å². The minimum atomic E-state index is -0.114. The lowest BCUT2D eigenvalue weighted by Gasteiger charge is -2.07. The average Bonchev–Trinajstić information content (AvgIpc) is 2.17. The minimum absolute atomic E-state index is 0.114. The summed E-state index contributed by atoms with van der Waals surface area (Å²) >= 11 is 0. The van der Waals surface area contributed by atoms with Crippen LogP contribution in [-0.4, -0.2) is 44.0 Å². The van der Waals surface area contributed by atoms with Crippen LogP contribution in [0.2, 0.25) is 0 Å². The maximum atomic E-state index is 11.1. The number of nitrogens with zero attached hydrogens (tertiary/aromatic N) is 3. The zero-order valence-electron chi connectivity index (χ0n) is 9.99. The summed E-state index contributed by atoms with van der Waals surface area (Å²) in [5.74, 6) is -0.114. The molecule has 0 atom stereocenters. The molecule has 0 saturated carbocycles. The third-order valence-corrected chi connectivity index (χ3v) is 1.90.